The summed E-state index contributed by atoms with van der Waals surface area (Å²) in [5.41, 5.74) is 0.586. The highest BCUT2D eigenvalue weighted by Gasteiger charge is 2.41. The quantitative estimate of drug-likeness (QED) is 0.697. The standard InChI is InChI=1S/C12H24O/c1-5-12(6-2)8-7-11(3,4)10(13)9-12/h10,13H,5-9H2,1-4H3. The maximum atomic E-state index is 10.0. The number of rotatable bonds is 2. The van der Waals surface area contributed by atoms with Crippen molar-refractivity contribution in [3.05, 3.63) is 0 Å². The van der Waals surface area contributed by atoms with E-state index in [1.54, 1.807) is 0 Å². The van der Waals surface area contributed by atoms with Gasteiger partial charge in [0.1, 0.15) is 0 Å². The van der Waals surface area contributed by atoms with Crippen LogP contribution in [0, 0.1) is 10.8 Å². The van der Waals surface area contributed by atoms with E-state index in [0.717, 1.165) is 6.42 Å². The van der Waals surface area contributed by atoms with Crippen molar-refractivity contribution < 1.29 is 5.11 Å². The predicted octanol–water partition coefficient (Wildman–Crippen LogP) is 3.36. The molecule has 1 atom stereocenters. The van der Waals surface area contributed by atoms with Crippen LogP contribution in [0.25, 0.3) is 0 Å². The molecule has 0 radical (unpaired) electrons. The minimum Gasteiger partial charge on any atom is -0.393 e. The van der Waals surface area contributed by atoms with E-state index in [9.17, 15) is 5.11 Å². The Balaban J connectivity index is 2.68. The Kier molecular flexibility index (Phi) is 3.06. The lowest BCUT2D eigenvalue weighted by atomic mass is 9.61. The largest absolute Gasteiger partial charge is 0.393 e. The lowest BCUT2D eigenvalue weighted by Crippen LogP contribution is -2.41. The molecule has 0 aromatic carbocycles. The molecule has 1 aliphatic rings. The molecule has 1 nitrogen and oxygen atoms in total. The summed E-state index contributed by atoms with van der Waals surface area (Å²) < 4.78 is 0. The molecule has 0 heterocycles. The summed E-state index contributed by atoms with van der Waals surface area (Å²) in [6, 6.07) is 0. The van der Waals surface area contributed by atoms with Crippen LogP contribution in [0.5, 0.6) is 0 Å². The zero-order valence-electron chi connectivity index (χ0n) is 9.56. The van der Waals surface area contributed by atoms with Crippen molar-refractivity contribution in [3.63, 3.8) is 0 Å². The fourth-order valence-electron chi connectivity index (χ4n) is 2.43. The molecule has 0 aromatic rings. The van der Waals surface area contributed by atoms with E-state index in [-0.39, 0.29) is 11.5 Å². The van der Waals surface area contributed by atoms with Crippen LogP contribution in [0.4, 0.5) is 0 Å². The first-order valence-corrected chi connectivity index (χ1v) is 5.64. The van der Waals surface area contributed by atoms with Crippen molar-refractivity contribution in [1.29, 1.82) is 0 Å². The zero-order chi connectivity index (χ0) is 10.1. The first kappa shape index (κ1) is 11.0. The van der Waals surface area contributed by atoms with Crippen LogP contribution < -0.4 is 0 Å². The topological polar surface area (TPSA) is 20.2 Å². The fraction of sp³-hybridized carbons (Fsp3) is 1.00. The molecule has 1 saturated carbocycles. The van der Waals surface area contributed by atoms with Crippen LogP contribution in [0.2, 0.25) is 0 Å². The second kappa shape index (κ2) is 3.61. The molecule has 0 aromatic heterocycles. The van der Waals surface area contributed by atoms with Crippen molar-refractivity contribution in [2.45, 2.75) is 65.9 Å². The number of aliphatic hydroxyl groups is 1. The Morgan fingerprint density at radius 3 is 2.08 bits per heavy atom. The van der Waals surface area contributed by atoms with Crippen molar-refractivity contribution in [3.8, 4) is 0 Å². The molecule has 0 aliphatic heterocycles. The first-order chi connectivity index (χ1) is 5.96. The lowest BCUT2D eigenvalue weighted by Gasteiger charge is -2.46. The van der Waals surface area contributed by atoms with E-state index in [1.807, 2.05) is 0 Å². The number of aliphatic hydroxyl groups excluding tert-OH is 1. The monoisotopic (exact) mass is 184 g/mol. The Morgan fingerprint density at radius 1 is 1.15 bits per heavy atom. The van der Waals surface area contributed by atoms with E-state index in [4.69, 9.17) is 0 Å². The highest BCUT2D eigenvalue weighted by Crippen LogP contribution is 2.48. The summed E-state index contributed by atoms with van der Waals surface area (Å²) in [6.07, 6.45) is 5.82. The maximum Gasteiger partial charge on any atom is 0.0596 e. The van der Waals surface area contributed by atoms with E-state index < -0.39 is 0 Å². The molecule has 13 heavy (non-hydrogen) atoms. The first-order valence-electron chi connectivity index (χ1n) is 5.64. The Labute approximate surface area is 82.5 Å². The molecule has 0 spiro atoms. The van der Waals surface area contributed by atoms with Gasteiger partial charge in [0.15, 0.2) is 0 Å². The Morgan fingerprint density at radius 2 is 1.69 bits per heavy atom. The van der Waals surface area contributed by atoms with Crippen molar-refractivity contribution in [2.75, 3.05) is 0 Å². The van der Waals surface area contributed by atoms with E-state index in [0.29, 0.717) is 5.41 Å². The van der Waals surface area contributed by atoms with Gasteiger partial charge in [0.25, 0.3) is 0 Å². The smallest absolute Gasteiger partial charge is 0.0596 e. The summed E-state index contributed by atoms with van der Waals surface area (Å²) in [5, 5.41) is 10.0. The van der Waals surface area contributed by atoms with Crippen LogP contribution >= 0.6 is 0 Å². The molecule has 1 unspecified atom stereocenters. The average Bonchev–Trinajstić information content (AvgIpc) is 2.11. The SMILES string of the molecule is CCC1(CC)CCC(C)(C)C(O)C1. The van der Waals surface area contributed by atoms with Crippen LogP contribution in [0.1, 0.15) is 59.8 Å². The van der Waals surface area contributed by atoms with Gasteiger partial charge in [-0.3, -0.25) is 0 Å². The summed E-state index contributed by atoms with van der Waals surface area (Å²) in [4.78, 5) is 0. The van der Waals surface area contributed by atoms with Gasteiger partial charge in [-0.15, -0.1) is 0 Å². The van der Waals surface area contributed by atoms with Crippen LogP contribution in [0.3, 0.4) is 0 Å². The maximum absolute atomic E-state index is 10.0. The van der Waals surface area contributed by atoms with E-state index >= 15 is 0 Å². The molecule has 1 N–H and O–H groups in total. The van der Waals surface area contributed by atoms with Gasteiger partial charge in [-0.25, -0.2) is 0 Å². The predicted molar refractivity (Wildman–Crippen MR) is 56.7 cm³/mol. The molecule has 1 heteroatoms. The second-order valence-electron chi connectivity index (χ2n) is 5.42. The van der Waals surface area contributed by atoms with E-state index in [1.165, 1.54) is 25.7 Å². The minimum atomic E-state index is -0.0962. The van der Waals surface area contributed by atoms with Gasteiger partial charge < -0.3 is 5.11 Å². The highest BCUT2D eigenvalue weighted by molar-refractivity contribution is 4.92. The third-order valence-corrected chi connectivity index (χ3v) is 4.33. The number of hydrogen-bond acceptors (Lipinski definition) is 1. The van der Waals surface area contributed by atoms with Gasteiger partial charge in [-0.05, 0) is 30.1 Å². The van der Waals surface area contributed by atoms with Gasteiger partial charge in [0.2, 0.25) is 0 Å². The molecule has 0 bridgehead atoms. The van der Waals surface area contributed by atoms with E-state index in [2.05, 4.69) is 27.7 Å². The fourth-order valence-corrected chi connectivity index (χ4v) is 2.43. The number of hydrogen-bond donors (Lipinski definition) is 1. The van der Waals surface area contributed by atoms with Crippen molar-refractivity contribution >= 4 is 0 Å². The van der Waals surface area contributed by atoms with Crippen LogP contribution in [-0.2, 0) is 0 Å². The van der Waals surface area contributed by atoms with Crippen molar-refractivity contribution in [2.24, 2.45) is 10.8 Å². The Bertz CT molecular complexity index is 168. The van der Waals surface area contributed by atoms with Gasteiger partial charge in [-0.1, -0.05) is 40.5 Å². The van der Waals surface area contributed by atoms with Gasteiger partial charge >= 0.3 is 0 Å². The van der Waals surface area contributed by atoms with Gasteiger partial charge in [0, 0.05) is 0 Å². The lowest BCUT2D eigenvalue weighted by molar-refractivity contribution is -0.0472. The summed E-state index contributed by atoms with van der Waals surface area (Å²) in [6.45, 7) is 8.89. The molecule has 78 valence electrons. The van der Waals surface area contributed by atoms with Crippen LogP contribution in [-0.4, -0.2) is 11.2 Å². The summed E-state index contributed by atoms with van der Waals surface area (Å²) in [7, 11) is 0. The van der Waals surface area contributed by atoms with Crippen molar-refractivity contribution in [1.82, 2.24) is 0 Å². The highest BCUT2D eigenvalue weighted by atomic mass is 16.3. The van der Waals surface area contributed by atoms with Gasteiger partial charge in [-0.2, -0.15) is 0 Å². The van der Waals surface area contributed by atoms with Crippen LogP contribution in [0.15, 0.2) is 0 Å². The summed E-state index contributed by atoms with van der Waals surface area (Å²) in [5.74, 6) is 0. The second-order valence-corrected chi connectivity index (χ2v) is 5.42. The molecule has 1 rings (SSSR count). The van der Waals surface area contributed by atoms with Gasteiger partial charge in [0.05, 0.1) is 6.10 Å². The Hall–Kier alpha value is -0.0400. The molecule has 0 amide bonds. The molecular weight excluding hydrogens is 160 g/mol. The zero-order valence-corrected chi connectivity index (χ0v) is 9.56. The molecular formula is C12H24O. The third-order valence-electron chi connectivity index (χ3n) is 4.33. The summed E-state index contributed by atoms with van der Waals surface area (Å²) >= 11 is 0. The average molecular weight is 184 g/mol. The molecule has 1 aliphatic carbocycles. The minimum absolute atomic E-state index is 0.0962. The third kappa shape index (κ3) is 2.07. The normalized spacial score (nSPS) is 31.6. The molecule has 0 saturated heterocycles. The molecule has 1 fully saturated rings.